The number of aliphatic hydroxyl groups is 1. The van der Waals surface area contributed by atoms with Crippen LogP contribution in [0.25, 0.3) is 11.3 Å². The zero-order valence-corrected chi connectivity index (χ0v) is 19.8. The third-order valence-corrected chi connectivity index (χ3v) is 6.33. The van der Waals surface area contributed by atoms with Crippen LogP contribution in [0.3, 0.4) is 0 Å². The van der Waals surface area contributed by atoms with Crippen LogP contribution in [0, 0.1) is 12.7 Å². The van der Waals surface area contributed by atoms with Crippen molar-refractivity contribution in [3.05, 3.63) is 59.0 Å². The van der Waals surface area contributed by atoms with Gasteiger partial charge in [0.05, 0.1) is 23.4 Å². The summed E-state index contributed by atoms with van der Waals surface area (Å²) in [7, 11) is 1.85. The van der Waals surface area contributed by atoms with E-state index in [-0.39, 0.29) is 17.7 Å². The fourth-order valence-electron chi connectivity index (χ4n) is 3.82. The number of nitrogens with zero attached hydrogens (tertiary/aromatic N) is 6. The standard InChI is InChI=1S/C24H28ClFN6O/c1-16-5-4-8-27-23(16)32-11-9-31(10-12-32)22-14-21(18-6-7-20(26)19(25)13-18)28-24(29-22)30(3)17(2)15-33/h4-8,13-14,17,33H,9-12,15H2,1-3H3. The van der Waals surface area contributed by atoms with Crippen LogP contribution in [0.15, 0.2) is 42.6 Å². The lowest BCUT2D eigenvalue weighted by Crippen LogP contribution is -2.47. The van der Waals surface area contributed by atoms with Crippen LogP contribution in [0.4, 0.5) is 22.0 Å². The quantitative estimate of drug-likeness (QED) is 0.588. The van der Waals surface area contributed by atoms with E-state index in [2.05, 4.69) is 32.8 Å². The normalized spacial score (nSPS) is 15.0. The number of hydrogen-bond acceptors (Lipinski definition) is 7. The molecule has 1 N–H and O–H groups in total. The first-order valence-corrected chi connectivity index (χ1v) is 11.3. The summed E-state index contributed by atoms with van der Waals surface area (Å²) in [4.78, 5) is 20.4. The van der Waals surface area contributed by atoms with E-state index in [9.17, 15) is 9.50 Å². The Balaban J connectivity index is 1.64. The Hall–Kier alpha value is -2.97. The molecular formula is C24H28ClFN6O. The average Bonchev–Trinajstić information content (AvgIpc) is 2.85. The molecule has 1 unspecified atom stereocenters. The number of aliphatic hydroxyl groups excluding tert-OH is 1. The van der Waals surface area contributed by atoms with Gasteiger partial charge in [0.1, 0.15) is 17.5 Å². The summed E-state index contributed by atoms with van der Waals surface area (Å²) in [6.07, 6.45) is 1.82. The highest BCUT2D eigenvalue weighted by Gasteiger charge is 2.23. The average molecular weight is 471 g/mol. The monoisotopic (exact) mass is 470 g/mol. The molecule has 0 saturated carbocycles. The zero-order chi connectivity index (χ0) is 23.5. The molecule has 1 fully saturated rings. The third-order valence-electron chi connectivity index (χ3n) is 6.04. The van der Waals surface area contributed by atoms with Gasteiger partial charge in [-0.2, -0.15) is 4.98 Å². The molecule has 33 heavy (non-hydrogen) atoms. The summed E-state index contributed by atoms with van der Waals surface area (Å²) < 4.78 is 13.7. The van der Waals surface area contributed by atoms with Gasteiger partial charge in [-0.3, -0.25) is 0 Å². The van der Waals surface area contributed by atoms with Crippen LogP contribution in [-0.2, 0) is 0 Å². The van der Waals surface area contributed by atoms with Crippen LogP contribution in [0.5, 0.6) is 0 Å². The summed E-state index contributed by atoms with van der Waals surface area (Å²) in [5.74, 6) is 1.82. The Morgan fingerprint density at radius 1 is 1.12 bits per heavy atom. The maximum absolute atomic E-state index is 13.7. The minimum atomic E-state index is -0.470. The largest absolute Gasteiger partial charge is 0.394 e. The van der Waals surface area contributed by atoms with Gasteiger partial charge in [-0.15, -0.1) is 0 Å². The van der Waals surface area contributed by atoms with Gasteiger partial charge in [0.2, 0.25) is 5.95 Å². The SMILES string of the molecule is Cc1cccnc1N1CCN(c2cc(-c3ccc(F)c(Cl)c3)nc(N(C)C(C)CO)n2)CC1. The Morgan fingerprint density at radius 3 is 2.52 bits per heavy atom. The van der Waals surface area contributed by atoms with Gasteiger partial charge in [-0.1, -0.05) is 17.7 Å². The van der Waals surface area contributed by atoms with Crippen molar-refractivity contribution in [2.45, 2.75) is 19.9 Å². The maximum Gasteiger partial charge on any atom is 0.227 e. The second-order valence-corrected chi connectivity index (χ2v) is 8.71. The zero-order valence-electron chi connectivity index (χ0n) is 19.0. The second-order valence-electron chi connectivity index (χ2n) is 8.30. The van der Waals surface area contributed by atoms with E-state index < -0.39 is 5.82 Å². The molecule has 1 aliphatic rings. The lowest BCUT2D eigenvalue weighted by molar-refractivity contribution is 0.269. The number of anilines is 3. The van der Waals surface area contributed by atoms with Gasteiger partial charge >= 0.3 is 0 Å². The lowest BCUT2D eigenvalue weighted by Gasteiger charge is -2.37. The highest BCUT2D eigenvalue weighted by atomic mass is 35.5. The van der Waals surface area contributed by atoms with Crippen molar-refractivity contribution in [3.63, 3.8) is 0 Å². The first-order chi connectivity index (χ1) is 15.9. The van der Waals surface area contributed by atoms with Crippen LogP contribution >= 0.6 is 11.6 Å². The van der Waals surface area contributed by atoms with Crippen molar-refractivity contribution < 1.29 is 9.50 Å². The van der Waals surface area contributed by atoms with Crippen molar-refractivity contribution in [3.8, 4) is 11.3 Å². The van der Waals surface area contributed by atoms with Gasteiger partial charge in [-0.05, 0) is 43.7 Å². The Kier molecular flexibility index (Phi) is 6.95. The topological polar surface area (TPSA) is 68.6 Å². The molecule has 4 rings (SSSR count). The minimum Gasteiger partial charge on any atom is -0.394 e. The molecule has 3 aromatic rings. The van der Waals surface area contributed by atoms with E-state index >= 15 is 0 Å². The summed E-state index contributed by atoms with van der Waals surface area (Å²) in [6.45, 7) is 7.13. The molecule has 1 atom stereocenters. The molecule has 1 saturated heterocycles. The Morgan fingerprint density at radius 2 is 1.85 bits per heavy atom. The molecule has 1 aromatic carbocycles. The van der Waals surface area contributed by atoms with E-state index in [1.165, 1.54) is 6.07 Å². The number of rotatable bonds is 6. The van der Waals surface area contributed by atoms with Crippen LogP contribution in [-0.4, -0.2) is 65.9 Å². The second kappa shape index (κ2) is 9.89. The van der Waals surface area contributed by atoms with Gasteiger partial charge in [0, 0.05) is 51.1 Å². The minimum absolute atomic E-state index is 0.0239. The number of likely N-dealkylation sites (N-methyl/N-ethyl adjacent to an activating group) is 1. The van der Waals surface area contributed by atoms with E-state index in [1.54, 1.807) is 12.1 Å². The molecule has 174 valence electrons. The summed E-state index contributed by atoms with van der Waals surface area (Å²) >= 11 is 6.03. The van der Waals surface area contributed by atoms with Gasteiger partial charge in [0.15, 0.2) is 0 Å². The van der Waals surface area contributed by atoms with E-state index in [1.807, 2.05) is 37.2 Å². The van der Waals surface area contributed by atoms with Crippen LogP contribution < -0.4 is 14.7 Å². The van der Waals surface area contributed by atoms with E-state index in [0.29, 0.717) is 17.2 Å². The predicted octanol–water partition coefficient (Wildman–Crippen LogP) is 3.78. The van der Waals surface area contributed by atoms with E-state index in [0.717, 1.165) is 43.4 Å². The van der Waals surface area contributed by atoms with Crippen molar-refractivity contribution in [2.24, 2.45) is 0 Å². The maximum atomic E-state index is 13.7. The van der Waals surface area contributed by atoms with Gasteiger partial charge < -0.3 is 19.8 Å². The number of halogens is 2. The molecule has 0 amide bonds. The molecule has 9 heteroatoms. The van der Waals surface area contributed by atoms with Crippen LogP contribution in [0.1, 0.15) is 12.5 Å². The van der Waals surface area contributed by atoms with Gasteiger partial charge in [0.25, 0.3) is 0 Å². The fraction of sp³-hybridized carbons (Fsp3) is 0.375. The molecule has 7 nitrogen and oxygen atoms in total. The molecule has 2 aromatic heterocycles. The van der Waals surface area contributed by atoms with Crippen molar-refractivity contribution in [1.29, 1.82) is 0 Å². The van der Waals surface area contributed by atoms with Crippen molar-refractivity contribution in [2.75, 3.05) is 54.5 Å². The predicted molar refractivity (Wildman–Crippen MR) is 131 cm³/mol. The molecule has 0 aliphatic carbocycles. The fourth-order valence-corrected chi connectivity index (χ4v) is 4.00. The van der Waals surface area contributed by atoms with Crippen LogP contribution in [0.2, 0.25) is 5.02 Å². The first kappa shape index (κ1) is 23.2. The number of aryl methyl sites for hydroxylation is 1. The van der Waals surface area contributed by atoms with E-state index in [4.69, 9.17) is 16.6 Å². The summed E-state index contributed by atoms with van der Waals surface area (Å²) in [5, 5.41) is 9.67. The smallest absolute Gasteiger partial charge is 0.227 e. The Bertz CT molecular complexity index is 1120. The summed E-state index contributed by atoms with van der Waals surface area (Å²) in [6, 6.07) is 10.3. The van der Waals surface area contributed by atoms with Crippen molar-refractivity contribution in [1.82, 2.24) is 15.0 Å². The lowest BCUT2D eigenvalue weighted by atomic mass is 10.1. The number of pyridine rings is 1. The first-order valence-electron chi connectivity index (χ1n) is 11.0. The number of aromatic nitrogens is 3. The molecule has 0 spiro atoms. The van der Waals surface area contributed by atoms with Crippen molar-refractivity contribution >= 4 is 29.2 Å². The summed E-state index contributed by atoms with van der Waals surface area (Å²) in [5.41, 5.74) is 2.52. The number of piperazine rings is 1. The molecule has 3 heterocycles. The number of hydrogen-bond donors (Lipinski definition) is 1. The third kappa shape index (κ3) is 5.02. The molecule has 0 bridgehead atoms. The highest BCUT2D eigenvalue weighted by molar-refractivity contribution is 6.31. The molecule has 1 aliphatic heterocycles. The molecule has 0 radical (unpaired) electrons. The Labute approximate surface area is 198 Å². The highest BCUT2D eigenvalue weighted by Crippen LogP contribution is 2.29. The molecular weight excluding hydrogens is 443 g/mol. The number of benzene rings is 1. The van der Waals surface area contributed by atoms with Gasteiger partial charge in [-0.25, -0.2) is 14.4 Å².